The third-order valence-corrected chi connectivity index (χ3v) is 14.4. The summed E-state index contributed by atoms with van der Waals surface area (Å²) in [6, 6.07) is 10.2. The van der Waals surface area contributed by atoms with Crippen molar-refractivity contribution >= 4 is 63.6 Å². The number of hydrogen-bond acceptors (Lipinski definition) is 12. The first-order chi connectivity index (χ1) is 31.6. The van der Waals surface area contributed by atoms with Crippen LogP contribution in [0.5, 0.6) is 5.75 Å². The van der Waals surface area contributed by atoms with Crippen molar-refractivity contribution in [3.05, 3.63) is 80.5 Å². The minimum atomic E-state index is -0.782. The summed E-state index contributed by atoms with van der Waals surface area (Å²) < 4.78 is 30.2. The Hall–Kier alpha value is -5.65. The summed E-state index contributed by atoms with van der Waals surface area (Å²) in [6.45, 7) is 11.1. The maximum absolute atomic E-state index is 16.3. The number of nitrogens with zero attached hydrogens (tertiary/aromatic N) is 6. The molecule has 2 aromatic heterocycles. The minimum Gasteiger partial charge on any atom is -0.478 e. The molecule has 16 nitrogen and oxygen atoms in total. The molecular weight excluding hydrogens is 869 g/mol. The van der Waals surface area contributed by atoms with Crippen molar-refractivity contribution in [2.45, 2.75) is 115 Å². The van der Waals surface area contributed by atoms with E-state index >= 15 is 4.39 Å². The van der Waals surface area contributed by atoms with Gasteiger partial charge in [0.15, 0.2) is 18.2 Å². The number of carbonyl (C=O) groups excluding carboxylic acids is 4. The highest BCUT2D eigenvalue weighted by Gasteiger charge is 2.46. The summed E-state index contributed by atoms with van der Waals surface area (Å²) in [4.78, 5) is 78.1. The summed E-state index contributed by atoms with van der Waals surface area (Å²) in [5, 5.41) is 9.25. The third-order valence-electron chi connectivity index (χ3n) is 14.2. The second-order valence-corrected chi connectivity index (χ2v) is 19.7. The van der Waals surface area contributed by atoms with Gasteiger partial charge >= 0.3 is 0 Å². The molecule has 2 atom stereocenters. The van der Waals surface area contributed by atoms with Gasteiger partial charge in [-0.3, -0.25) is 34.2 Å². The number of rotatable bonds is 12. The fourth-order valence-corrected chi connectivity index (χ4v) is 10.7. The van der Waals surface area contributed by atoms with Gasteiger partial charge in [0.05, 0.1) is 30.5 Å². The zero-order chi connectivity index (χ0) is 46.6. The zero-order valence-electron chi connectivity index (χ0n) is 38.0. The van der Waals surface area contributed by atoms with E-state index < -0.39 is 11.9 Å². The predicted molar refractivity (Wildman–Crippen MR) is 247 cm³/mol. The molecule has 4 aromatic rings. The molecule has 2 aromatic carbocycles. The smallest absolute Gasteiger partial charge is 0.293 e. The average Bonchev–Trinajstić information content (AvgIpc) is 3.60. The molecule has 350 valence electrons. The van der Waals surface area contributed by atoms with E-state index in [9.17, 15) is 24.0 Å². The highest BCUT2D eigenvalue weighted by Crippen LogP contribution is 2.47. The van der Waals surface area contributed by atoms with Gasteiger partial charge in [-0.15, -0.1) is 0 Å². The number of halogens is 2. The van der Waals surface area contributed by atoms with Crippen molar-refractivity contribution in [1.82, 2.24) is 35.0 Å². The number of imide groups is 1. The molecule has 5 aliphatic rings. The molecule has 9 rings (SSSR count). The van der Waals surface area contributed by atoms with E-state index in [1.54, 1.807) is 29.0 Å². The lowest BCUT2D eigenvalue weighted by atomic mass is 9.69. The predicted octanol–water partition coefficient (Wildman–Crippen LogP) is 5.83. The number of pyridine rings is 1. The van der Waals surface area contributed by atoms with E-state index in [1.165, 1.54) is 11.9 Å². The number of carbonyl (C=O) groups is 4. The highest BCUT2D eigenvalue weighted by atomic mass is 35.5. The van der Waals surface area contributed by atoms with E-state index in [4.69, 9.17) is 26.1 Å². The van der Waals surface area contributed by atoms with Crippen molar-refractivity contribution in [3.63, 3.8) is 0 Å². The van der Waals surface area contributed by atoms with Gasteiger partial charge in [0.25, 0.3) is 17.4 Å². The van der Waals surface area contributed by atoms with Crippen LogP contribution in [0, 0.1) is 11.2 Å². The van der Waals surface area contributed by atoms with E-state index in [2.05, 4.69) is 44.6 Å². The molecule has 66 heavy (non-hydrogen) atoms. The third kappa shape index (κ3) is 8.84. The van der Waals surface area contributed by atoms with Gasteiger partial charge in [-0.05, 0) is 106 Å². The number of fused-ring (bicyclic) bond motifs is 2. The van der Waals surface area contributed by atoms with Crippen LogP contribution in [0.1, 0.15) is 106 Å². The van der Waals surface area contributed by atoms with Crippen LogP contribution in [-0.2, 0) is 25.7 Å². The second kappa shape index (κ2) is 18.2. The van der Waals surface area contributed by atoms with Gasteiger partial charge in [0, 0.05) is 67.4 Å². The molecule has 4 aliphatic heterocycles. The molecule has 0 radical (unpaired) electrons. The van der Waals surface area contributed by atoms with E-state index in [1.807, 2.05) is 32.0 Å². The van der Waals surface area contributed by atoms with Crippen LogP contribution in [0.25, 0.3) is 10.9 Å². The number of likely N-dealkylation sites (N-methyl/N-ethyl adjacent to an activating group) is 1. The van der Waals surface area contributed by atoms with Crippen LogP contribution >= 0.6 is 11.6 Å². The van der Waals surface area contributed by atoms with Gasteiger partial charge < -0.3 is 34.5 Å². The largest absolute Gasteiger partial charge is 0.478 e. The molecule has 4 amide bonds. The Morgan fingerprint density at radius 2 is 1.79 bits per heavy atom. The van der Waals surface area contributed by atoms with Crippen molar-refractivity contribution in [2.24, 2.45) is 5.41 Å². The fraction of sp³-hybridized carbons (Fsp3) is 0.521. The second-order valence-electron chi connectivity index (χ2n) is 19.3. The standard InChI is InChI=1S/C48H57ClFN9O7/c1-26(2)59-37-9-6-28(18-27(37)19-39(46(59)64)65-24-41(61)51-5)53-43-36(49)22-52-47(55-43)56-15-12-30(13-16-56)66-31-20-29(21-31)57-17-14-35(48(3,4)25-57)33-8-7-32-34(42(33)50)23-58(45(32)63)38-10-11-40(60)54-44(38)62/h6-9,18-19,22,26,29-31,35,38H,10-17,20-21,23-25H2,1-5H3,(H,51,61)(H,52,53,55)(H,54,60,62)/t29?,31?,35-,38-/m1/s1. The van der Waals surface area contributed by atoms with Gasteiger partial charge in [0.2, 0.25) is 17.8 Å². The van der Waals surface area contributed by atoms with Gasteiger partial charge in [-0.1, -0.05) is 31.5 Å². The molecule has 1 aliphatic carbocycles. The normalized spacial score (nSPS) is 23.5. The number of hydrogen-bond donors (Lipinski definition) is 3. The molecule has 18 heteroatoms. The number of ether oxygens (including phenoxy) is 2. The Bertz CT molecular complexity index is 2640. The number of piperidine rings is 3. The summed E-state index contributed by atoms with van der Waals surface area (Å²) in [7, 11) is 1.51. The molecule has 4 fully saturated rings. The average molecular weight is 926 g/mol. The van der Waals surface area contributed by atoms with Crippen LogP contribution in [0.2, 0.25) is 5.02 Å². The van der Waals surface area contributed by atoms with Crippen LogP contribution in [0.3, 0.4) is 0 Å². The molecule has 1 saturated carbocycles. The molecule has 3 saturated heterocycles. The van der Waals surface area contributed by atoms with Crippen LogP contribution in [0.15, 0.2) is 47.4 Å². The Morgan fingerprint density at radius 1 is 1.02 bits per heavy atom. The number of nitrogens with one attached hydrogen (secondary N) is 3. The molecule has 3 N–H and O–H groups in total. The van der Waals surface area contributed by atoms with Crippen molar-refractivity contribution in [1.29, 1.82) is 0 Å². The maximum atomic E-state index is 16.3. The minimum absolute atomic E-state index is 0.0245. The van der Waals surface area contributed by atoms with Crippen molar-refractivity contribution in [2.75, 3.05) is 50.1 Å². The van der Waals surface area contributed by atoms with Crippen molar-refractivity contribution in [3.8, 4) is 5.75 Å². The Kier molecular flexibility index (Phi) is 12.6. The van der Waals surface area contributed by atoms with E-state index in [0.29, 0.717) is 45.2 Å². The topological polar surface area (TPSA) is 180 Å². The van der Waals surface area contributed by atoms with Gasteiger partial charge in [0.1, 0.15) is 16.9 Å². The first-order valence-electron chi connectivity index (χ1n) is 23.0. The van der Waals surface area contributed by atoms with Crippen molar-refractivity contribution < 1.29 is 33.0 Å². The monoisotopic (exact) mass is 925 g/mol. The van der Waals surface area contributed by atoms with Gasteiger partial charge in [-0.25, -0.2) is 9.37 Å². The van der Waals surface area contributed by atoms with Crippen LogP contribution in [0.4, 0.5) is 21.8 Å². The molecule has 6 heterocycles. The Labute approximate surface area is 387 Å². The Balaban J connectivity index is 0.767. The number of likely N-dealkylation sites (tertiary alicyclic amines) is 1. The number of amides is 4. The first kappa shape index (κ1) is 45.5. The lowest BCUT2D eigenvalue weighted by molar-refractivity contribution is -0.137. The quantitative estimate of drug-likeness (QED) is 0.145. The molecular formula is C48H57ClFN9O7. The molecule has 0 spiro atoms. The van der Waals surface area contributed by atoms with E-state index in [0.717, 1.165) is 69.2 Å². The number of aromatic nitrogens is 3. The summed E-state index contributed by atoms with van der Waals surface area (Å²) in [6.07, 6.45) is 6.68. The zero-order valence-corrected chi connectivity index (χ0v) is 38.8. The summed E-state index contributed by atoms with van der Waals surface area (Å²) >= 11 is 6.61. The summed E-state index contributed by atoms with van der Waals surface area (Å²) in [5.74, 6) is -0.846. The lowest BCUT2D eigenvalue weighted by Crippen LogP contribution is -2.55. The molecule has 0 bridgehead atoms. The number of benzene rings is 2. The Morgan fingerprint density at radius 3 is 2.50 bits per heavy atom. The number of anilines is 3. The van der Waals surface area contributed by atoms with Crippen LogP contribution in [-0.4, -0.2) is 112 Å². The SMILES string of the molecule is CNC(=O)COc1cc2cc(Nc3nc(N4CCC(OC5CC(N6CC[C@H](c7ccc8c(c7F)CN([C@@H]7CCC(=O)NC7=O)C8=O)C(C)(C)C6)C5)CC4)ncc3Cl)ccc2n(C(C)C)c1=O. The maximum Gasteiger partial charge on any atom is 0.293 e. The van der Waals surface area contributed by atoms with Crippen LogP contribution < -0.4 is 31.1 Å². The summed E-state index contributed by atoms with van der Waals surface area (Å²) in [5.41, 5.74) is 2.16. The highest BCUT2D eigenvalue weighted by molar-refractivity contribution is 6.33. The van der Waals surface area contributed by atoms with E-state index in [-0.39, 0.29) is 90.4 Å². The lowest BCUT2D eigenvalue weighted by Gasteiger charge is -2.51. The first-order valence-corrected chi connectivity index (χ1v) is 23.4. The molecule has 0 unspecified atom stereocenters. The van der Waals surface area contributed by atoms with Gasteiger partial charge in [-0.2, -0.15) is 4.98 Å². The fourth-order valence-electron chi connectivity index (χ4n) is 10.6.